The molecule has 1 aliphatic heterocycles. The van der Waals surface area contributed by atoms with E-state index in [9.17, 15) is 5.11 Å². The van der Waals surface area contributed by atoms with Gasteiger partial charge in [-0.15, -0.1) is 0 Å². The van der Waals surface area contributed by atoms with Crippen LogP contribution in [0.5, 0.6) is 0 Å². The molecule has 1 N–H and O–H groups in total. The first-order valence-electron chi connectivity index (χ1n) is 9.25. The molecule has 27 heavy (non-hydrogen) atoms. The number of benzene rings is 2. The molecule has 1 fully saturated rings. The lowest BCUT2D eigenvalue weighted by molar-refractivity contribution is 0.249. The Morgan fingerprint density at radius 1 is 0.889 bits per heavy atom. The molecule has 0 bridgehead atoms. The van der Waals surface area contributed by atoms with Gasteiger partial charge in [-0.2, -0.15) is 0 Å². The van der Waals surface area contributed by atoms with E-state index in [-0.39, 0.29) is 6.61 Å². The lowest BCUT2D eigenvalue weighted by Gasteiger charge is -2.36. The van der Waals surface area contributed by atoms with Crippen LogP contribution in [0.3, 0.4) is 0 Å². The van der Waals surface area contributed by atoms with Gasteiger partial charge in [-0.05, 0) is 41.3 Å². The third-order valence-corrected chi connectivity index (χ3v) is 5.84. The molecule has 142 valence electrons. The Morgan fingerprint density at radius 3 is 2.44 bits per heavy atom. The normalized spacial score (nSPS) is 15.6. The van der Waals surface area contributed by atoms with Gasteiger partial charge in [0.1, 0.15) is 0 Å². The van der Waals surface area contributed by atoms with Crippen molar-refractivity contribution in [1.82, 2.24) is 9.47 Å². The molecule has 0 spiro atoms. The quantitative estimate of drug-likeness (QED) is 0.690. The van der Waals surface area contributed by atoms with Crippen LogP contribution in [-0.4, -0.2) is 47.3 Å². The van der Waals surface area contributed by atoms with Crippen LogP contribution in [0.15, 0.2) is 48.7 Å². The first-order chi connectivity index (χ1) is 13.1. The van der Waals surface area contributed by atoms with Crippen molar-refractivity contribution in [2.45, 2.75) is 13.2 Å². The Kier molecular flexibility index (Phi) is 5.60. The van der Waals surface area contributed by atoms with Gasteiger partial charge in [-0.1, -0.05) is 35.3 Å². The minimum atomic E-state index is 0.0797. The fourth-order valence-corrected chi connectivity index (χ4v) is 4.25. The summed E-state index contributed by atoms with van der Waals surface area (Å²) in [6, 6.07) is 14.0. The summed E-state index contributed by atoms with van der Waals surface area (Å²) in [7, 11) is 0. The van der Waals surface area contributed by atoms with Crippen molar-refractivity contribution >= 4 is 39.8 Å². The van der Waals surface area contributed by atoms with Gasteiger partial charge in [-0.3, -0.25) is 4.90 Å². The molecule has 1 aliphatic rings. The van der Waals surface area contributed by atoms with Crippen LogP contribution in [0.2, 0.25) is 10.0 Å². The summed E-state index contributed by atoms with van der Waals surface area (Å²) in [5.41, 5.74) is 3.21. The molecule has 3 aromatic rings. The zero-order valence-electron chi connectivity index (χ0n) is 15.1. The number of aliphatic hydroxyl groups excluding tert-OH is 1. The smallest absolute Gasteiger partial charge is 0.0682 e. The highest BCUT2D eigenvalue weighted by molar-refractivity contribution is 6.36. The molecule has 6 heteroatoms. The van der Waals surface area contributed by atoms with E-state index in [1.807, 2.05) is 24.3 Å². The van der Waals surface area contributed by atoms with Crippen LogP contribution in [0.25, 0.3) is 10.9 Å². The highest BCUT2D eigenvalue weighted by atomic mass is 35.5. The van der Waals surface area contributed by atoms with E-state index in [2.05, 4.69) is 38.8 Å². The zero-order chi connectivity index (χ0) is 18.8. The van der Waals surface area contributed by atoms with Crippen LogP contribution in [0.1, 0.15) is 5.56 Å². The summed E-state index contributed by atoms with van der Waals surface area (Å²) in [6.07, 6.45) is 2.13. The maximum Gasteiger partial charge on any atom is 0.0682 e. The van der Waals surface area contributed by atoms with E-state index in [0.717, 1.165) is 55.5 Å². The second-order valence-corrected chi connectivity index (χ2v) is 7.83. The average molecular weight is 404 g/mol. The summed E-state index contributed by atoms with van der Waals surface area (Å²) in [5.74, 6) is 0. The predicted molar refractivity (Wildman–Crippen MR) is 113 cm³/mol. The number of hydrogen-bond donors (Lipinski definition) is 1. The molecule has 0 atom stereocenters. The second-order valence-electron chi connectivity index (χ2n) is 6.98. The number of fused-ring (bicyclic) bond motifs is 1. The second kappa shape index (κ2) is 8.11. The van der Waals surface area contributed by atoms with Crippen molar-refractivity contribution in [3.63, 3.8) is 0 Å². The lowest BCUT2D eigenvalue weighted by atomic mass is 10.2. The van der Waals surface area contributed by atoms with Crippen LogP contribution in [0.4, 0.5) is 5.69 Å². The SMILES string of the molecule is OCc1ccc2ccn(CCN3CCN(c4ccc(Cl)cc4Cl)CC3)c2c1. The van der Waals surface area contributed by atoms with E-state index in [4.69, 9.17) is 23.2 Å². The molecule has 2 aromatic carbocycles. The van der Waals surface area contributed by atoms with Crippen LogP contribution < -0.4 is 4.90 Å². The fourth-order valence-electron chi connectivity index (χ4n) is 3.72. The van der Waals surface area contributed by atoms with Crippen molar-refractivity contribution in [2.75, 3.05) is 37.6 Å². The summed E-state index contributed by atoms with van der Waals surface area (Å²) < 4.78 is 2.27. The minimum Gasteiger partial charge on any atom is -0.392 e. The third kappa shape index (κ3) is 4.09. The lowest BCUT2D eigenvalue weighted by Crippen LogP contribution is -2.47. The zero-order valence-corrected chi connectivity index (χ0v) is 16.6. The van der Waals surface area contributed by atoms with Gasteiger partial charge >= 0.3 is 0 Å². The largest absolute Gasteiger partial charge is 0.392 e. The highest BCUT2D eigenvalue weighted by Gasteiger charge is 2.19. The number of halogens is 2. The number of piperazine rings is 1. The summed E-state index contributed by atoms with van der Waals surface area (Å²) >= 11 is 12.3. The van der Waals surface area contributed by atoms with Crippen molar-refractivity contribution < 1.29 is 5.11 Å². The molecule has 1 saturated heterocycles. The predicted octanol–water partition coefficient (Wildman–Crippen LogP) is 4.26. The number of rotatable bonds is 5. The van der Waals surface area contributed by atoms with Gasteiger partial charge in [0.2, 0.25) is 0 Å². The van der Waals surface area contributed by atoms with Gasteiger partial charge in [0.25, 0.3) is 0 Å². The van der Waals surface area contributed by atoms with Crippen LogP contribution >= 0.6 is 23.2 Å². The third-order valence-electron chi connectivity index (χ3n) is 5.30. The van der Waals surface area contributed by atoms with Crippen LogP contribution in [0, 0.1) is 0 Å². The molecular weight excluding hydrogens is 381 g/mol. The Morgan fingerprint density at radius 2 is 1.70 bits per heavy atom. The topological polar surface area (TPSA) is 31.6 Å². The molecule has 4 rings (SSSR count). The van der Waals surface area contributed by atoms with Crippen molar-refractivity contribution in [1.29, 1.82) is 0 Å². The van der Waals surface area contributed by atoms with Gasteiger partial charge in [0, 0.05) is 56.0 Å². The van der Waals surface area contributed by atoms with E-state index >= 15 is 0 Å². The molecule has 0 radical (unpaired) electrons. The highest BCUT2D eigenvalue weighted by Crippen LogP contribution is 2.29. The minimum absolute atomic E-state index is 0.0797. The average Bonchev–Trinajstić information content (AvgIpc) is 3.09. The molecule has 1 aromatic heterocycles. The number of hydrogen-bond acceptors (Lipinski definition) is 3. The Hall–Kier alpha value is -1.72. The number of nitrogens with zero attached hydrogens (tertiary/aromatic N) is 3. The van der Waals surface area contributed by atoms with Crippen molar-refractivity contribution in [3.05, 3.63) is 64.3 Å². The molecule has 4 nitrogen and oxygen atoms in total. The monoisotopic (exact) mass is 403 g/mol. The Labute approximate surface area is 169 Å². The number of aromatic nitrogens is 1. The van der Waals surface area contributed by atoms with E-state index in [1.165, 1.54) is 10.9 Å². The fraction of sp³-hybridized carbons (Fsp3) is 0.333. The van der Waals surface area contributed by atoms with Crippen molar-refractivity contribution in [2.24, 2.45) is 0 Å². The van der Waals surface area contributed by atoms with Gasteiger partial charge in [-0.25, -0.2) is 0 Å². The van der Waals surface area contributed by atoms with E-state index < -0.39 is 0 Å². The molecule has 0 amide bonds. The first kappa shape index (κ1) is 18.6. The standard InChI is InChI=1S/C21H23Cl2N3O/c22-18-3-4-20(19(23)14-18)26-11-8-24(9-12-26)7-10-25-6-5-17-2-1-16(15-27)13-21(17)25/h1-6,13-14,27H,7-12,15H2. The maximum absolute atomic E-state index is 9.37. The summed E-state index contributed by atoms with van der Waals surface area (Å²) in [4.78, 5) is 4.82. The molecule has 0 aliphatic carbocycles. The van der Waals surface area contributed by atoms with E-state index in [1.54, 1.807) is 0 Å². The molecule has 0 saturated carbocycles. The summed E-state index contributed by atoms with van der Waals surface area (Å²) in [5, 5.41) is 12.0. The molecule has 2 heterocycles. The van der Waals surface area contributed by atoms with Crippen molar-refractivity contribution in [3.8, 4) is 0 Å². The first-order valence-corrected chi connectivity index (χ1v) is 10.0. The van der Waals surface area contributed by atoms with E-state index in [0.29, 0.717) is 5.02 Å². The Balaban J connectivity index is 1.36. The number of aliphatic hydroxyl groups is 1. The van der Waals surface area contributed by atoms with Crippen LogP contribution in [-0.2, 0) is 13.2 Å². The van der Waals surface area contributed by atoms with Gasteiger partial charge in [0.15, 0.2) is 0 Å². The maximum atomic E-state index is 9.37. The Bertz CT molecular complexity index is 932. The molecular formula is C21H23Cl2N3O. The van der Waals surface area contributed by atoms with Gasteiger partial charge < -0.3 is 14.6 Å². The van der Waals surface area contributed by atoms with Gasteiger partial charge in [0.05, 0.1) is 17.3 Å². The summed E-state index contributed by atoms with van der Waals surface area (Å²) in [6.45, 7) is 5.98. The molecule has 0 unspecified atom stereocenters. The number of anilines is 1.